The minimum Gasteiger partial charge on any atom is -0.480 e. The number of ether oxygens (including phenoxy) is 1. The second kappa shape index (κ2) is 5.89. The first-order chi connectivity index (χ1) is 12.0. The van der Waals surface area contributed by atoms with Crippen molar-refractivity contribution in [1.82, 2.24) is 5.32 Å². The molecule has 3 saturated carbocycles. The van der Waals surface area contributed by atoms with Gasteiger partial charge in [0.2, 0.25) is 0 Å². The Morgan fingerprint density at radius 2 is 1.69 bits per heavy atom. The molecule has 1 unspecified atom stereocenters. The average Bonchev–Trinajstić information content (AvgIpc) is 2.41. The van der Waals surface area contributed by atoms with E-state index in [4.69, 9.17) is 4.74 Å². The van der Waals surface area contributed by atoms with Crippen LogP contribution in [0.25, 0.3) is 0 Å². The van der Waals surface area contributed by atoms with Crippen LogP contribution in [0.3, 0.4) is 0 Å². The zero-order chi connectivity index (χ0) is 19.3. The van der Waals surface area contributed by atoms with Crippen molar-refractivity contribution in [2.24, 2.45) is 5.41 Å². The lowest BCUT2D eigenvalue weighted by Crippen LogP contribution is -2.73. The van der Waals surface area contributed by atoms with E-state index in [0.717, 1.165) is 24.9 Å². The van der Waals surface area contributed by atoms with Crippen molar-refractivity contribution in [2.75, 3.05) is 19.0 Å². The molecule has 0 radical (unpaired) electrons. The van der Waals surface area contributed by atoms with Gasteiger partial charge in [-0.05, 0) is 63.1 Å². The van der Waals surface area contributed by atoms with E-state index in [1.165, 1.54) is 5.56 Å². The normalized spacial score (nSPS) is 27.6. The van der Waals surface area contributed by atoms with E-state index < -0.39 is 23.7 Å². The second-order valence-electron chi connectivity index (χ2n) is 9.03. The first-order valence-electron chi connectivity index (χ1n) is 8.97. The number of anilines is 1. The Hall–Kier alpha value is -2.24. The molecule has 0 heterocycles. The molecule has 6 nitrogen and oxygen atoms in total. The smallest absolute Gasteiger partial charge is 0.408 e. The van der Waals surface area contributed by atoms with Crippen molar-refractivity contribution in [3.8, 4) is 0 Å². The summed E-state index contributed by atoms with van der Waals surface area (Å²) in [5, 5.41) is 12.2. The van der Waals surface area contributed by atoms with Gasteiger partial charge in [-0.25, -0.2) is 9.59 Å². The highest BCUT2D eigenvalue weighted by Crippen LogP contribution is 2.75. The minimum atomic E-state index is -0.993. The molecule has 0 aromatic heterocycles. The molecule has 1 atom stereocenters. The second-order valence-corrected chi connectivity index (χ2v) is 9.03. The van der Waals surface area contributed by atoms with Crippen LogP contribution in [0.1, 0.15) is 45.6 Å². The quantitative estimate of drug-likeness (QED) is 0.843. The molecule has 6 heteroatoms. The maximum absolute atomic E-state index is 12.0. The Bertz CT molecular complexity index is 699. The van der Waals surface area contributed by atoms with Crippen molar-refractivity contribution >= 4 is 17.7 Å². The van der Waals surface area contributed by atoms with Gasteiger partial charge in [0, 0.05) is 25.2 Å². The Labute approximate surface area is 154 Å². The number of alkyl carbamates (subject to hydrolysis) is 1. The predicted octanol–water partition coefficient (Wildman–Crippen LogP) is 3.15. The maximum atomic E-state index is 12.0. The van der Waals surface area contributed by atoms with Crippen LogP contribution in [0.5, 0.6) is 0 Å². The number of benzene rings is 1. The molecule has 3 aliphatic rings. The summed E-state index contributed by atoms with van der Waals surface area (Å²) >= 11 is 0. The minimum absolute atomic E-state index is 0.0636. The van der Waals surface area contributed by atoms with E-state index in [1.807, 2.05) is 14.1 Å². The number of carboxylic acids is 1. The van der Waals surface area contributed by atoms with E-state index in [0.29, 0.717) is 0 Å². The van der Waals surface area contributed by atoms with Gasteiger partial charge in [0.05, 0.1) is 0 Å². The zero-order valence-electron chi connectivity index (χ0n) is 16.1. The van der Waals surface area contributed by atoms with E-state index in [9.17, 15) is 14.7 Å². The lowest BCUT2D eigenvalue weighted by molar-refractivity contribution is -0.183. The van der Waals surface area contributed by atoms with Gasteiger partial charge in [-0.2, -0.15) is 0 Å². The average molecular weight is 360 g/mol. The number of nitrogens with one attached hydrogen (secondary N) is 1. The summed E-state index contributed by atoms with van der Waals surface area (Å²) in [6.07, 6.45) is 1.69. The Morgan fingerprint density at radius 1 is 1.15 bits per heavy atom. The fraction of sp³-hybridized carbons (Fsp3) is 0.600. The van der Waals surface area contributed by atoms with Crippen LogP contribution in [0.2, 0.25) is 0 Å². The SMILES string of the molecule is CN(C)c1ccc(C23CC(C(NC(=O)OC(C)(C)C)C(=O)O)(C2)C3)cc1. The van der Waals surface area contributed by atoms with Crippen molar-refractivity contribution in [2.45, 2.75) is 57.1 Å². The highest BCUT2D eigenvalue weighted by Gasteiger charge is 2.72. The van der Waals surface area contributed by atoms with Crippen LogP contribution in [0.4, 0.5) is 10.5 Å². The molecule has 1 aromatic carbocycles. The van der Waals surface area contributed by atoms with Crippen LogP contribution in [-0.2, 0) is 14.9 Å². The number of aliphatic carboxylic acids is 1. The lowest BCUT2D eigenvalue weighted by Gasteiger charge is -2.72. The number of hydrogen-bond acceptors (Lipinski definition) is 4. The zero-order valence-corrected chi connectivity index (χ0v) is 16.1. The van der Waals surface area contributed by atoms with E-state index in [1.54, 1.807) is 20.8 Å². The van der Waals surface area contributed by atoms with Gasteiger partial charge < -0.3 is 20.1 Å². The third-order valence-electron chi connectivity index (χ3n) is 5.59. The standard InChI is InChI=1S/C20H28N2O4/c1-18(2,3)26-17(25)21-15(16(23)24)20-10-19(11-20,12-20)13-6-8-14(9-7-13)22(4)5/h6-9,15H,10-12H2,1-5H3,(H,21,25)(H,23,24). The monoisotopic (exact) mass is 360 g/mol. The van der Waals surface area contributed by atoms with Gasteiger partial charge in [-0.1, -0.05) is 12.1 Å². The highest BCUT2D eigenvalue weighted by atomic mass is 16.6. The number of amides is 1. The molecule has 3 fully saturated rings. The van der Waals surface area contributed by atoms with E-state index in [2.05, 4.69) is 34.5 Å². The summed E-state index contributed by atoms with van der Waals surface area (Å²) in [5.41, 5.74) is 1.45. The number of carbonyl (C=O) groups is 2. The molecular formula is C20H28N2O4. The summed E-state index contributed by atoms with van der Waals surface area (Å²) < 4.78 is 5.23. The number of carbonyl (C=O) groups excluding carboxylic acids is 1. The Morgan fingerprint density at radius 3 is 2.12 bits per heavy atom. The Kier molecular flexibility index (Phi) is 4.20. The molecule has 4 rings (SSSR count). The molecule has 0 spiro atoms. The van der Waals surface area contributed by atoms with Crippen LogP contribution in [0.15, 0.2) is 24.3 Å². The lowest BCUT2D eigenvalue weighted by atomic mass is 9.31. The molecular weight excluding hydrogens is 332 g/mol. The Balaban J connectivity index is 1.66. The molecule has 1 aromatic rings. The van der Waals surface area contributed by atoms with E-state index >= 15 is 0 Å². The first-order valence-corrected chi connectivity index (χ1v) is 8.97. The number of hydrogen-bond donors (Lipinski definition) is 2. The largest absolute Gasteiger partial charge is 0.480 e. The molecule has 2 N–H and O–H groups in total. The van der Waals surface area contributed by atoms with Gasteiger partial charge in [0.15, 0.2) is 0 Å². The summed E-state index contributed by atoms with van der Waals surface area (Å²) in [6, 6.07) is 7.55. The van der Waals surface area contributed by atoms with Gasteiger partial charge >= 0.3 is 12.1 Å². The molecule has 3 aliphatic carbocycles. The van der Waals surface area contributed by atoms with Crippen LogP contribution < -0.4 is 10.2 Å². The van der Waals surface area contributed by atoms with Gasteiger partial charge in [-0.3, -0.25) is 0 Å². The highest BCUT2D eigenvalue weighted by molar-refractivity contribution is 5.82. The van der Waals surface area contributed by atoms with Crippen molar-refractivity contribution in [3.05, 3.63) is 29.8 Å². The third-order valence-corrected chi connectivity index (χ3v) is 5.59. The van der Waals surface area contributed by atoms with Crippen molar-refractivity contribution < 1.29 is 19.4 Å². The van der Waals surface area contributed by atoms with Crippen LogP contribution in [-0.4, -0.2) is 42.9 Å². The molecule has 0 aliphatic heterocycles. The first kappa shape index (κ1) is 18.5. The van der Waals surface area contributed by atoms with Gasteiger partial charge in [-0.15, -0.1) is 0 Å². The fourth-order valence-corrected chi connectivity index (χ4v) is 4.49. The topological polar surface area (TPSA) is 78.9 Å². The molecule has 142 valence electrons. The van der Waals surface area contributed by atoms with Crippen LogP contribution in [0, 0.1) is 5.41 Å². The van der Waals surface area contributed by atoms with Crippen LogP contribution >= 0.6 is 0 Å². The molecule has 1 amide bonds. The summed E-state index contributed by atoms with van der Waals surface area (Å²) in [6.45, 7) is 5.28. The summed E-state index contributed by atoms with van der Waals surface area (Å²) in [4.78, 5) is 25.8. The molecule has 0 saturated heterocycles. The predicted molar refractivity (Wildman–Crippen MR) is 99.5 cm³/mol. The van der Waals surface area contributed by atoms with Gasteiger partial charge in [0.25, 0.3) is 0 Å². The van der Waals surface area contributed by atoms with Gasteiger partial charge in [0.1, 0.15) is 11.6 Å². The molecule has 2 bridgehead atoms. The summed E-state index contributed by atoms with van der Waals surface area (Å²) in [7, 11) is 4.01. The third kappa shape index (κ3) is 3.13. The fourth-order valence-electron chi connectivity index (χ4n) is 4.49. The van der Waals surface area contributed by atoms with Crippen molar-refractivity contribution in [1.29, 1.82) is 0 Å². The van der Waals surface area contributed by atoms with E-state index in [-0.39, 0.29) is 10.8 Å². The summed E-state index contributed by atoms with van der Waals surface area (Å²) in [5.74, 6) is -0.993. The number of carboxylic acid groups (broad SMARTS) is 1. The number of nitrogens with zero attached hydrogens (tertiary/aromatic N) is 1. The maximum Gasteiger partial charge on any atom is 0.408 e. The van der Waals surface area contributed by atoms with Crippen molar-refractivity contribution in [3.63, 3.8) is 0 Å². The molecule has 26 heavy (non-hydrogen) atoms. The number of rotatable bonds is 5.